The summed E-state index contributed by atoms with van der Waals surface area (Å²) in [7, 11) is 1.34. The van der Waals surface area contributed by atoms with Gasteiger partial charge in [0.25, 0.3) is 5.91 Å². The van der Waals surface area contributed by atoms with Crippen LogP contribution in [0.5, 0.6) is 0 Å². The van der Waals surface area contributed by atoms with Gasteiger partial charge in [0, 0.05) is 22.8 Å². The monoisotopic (exact) mass is 505 g/mol. The highest BCUT2D eigenvalue weighted by atomic mass is 127. The van der Waals surface area contributed by atoms with E-state index in [-0.39, 0.29) is 24.4 Å². The van der Waals surface area contributed by atoms with Gasteiger partial charge in [-0.1, -0.05) is 0 Å². The number of halogens is 3. The second kappa shape index (κ2) is 9.64. The van der Waals surface area contributed by atoms with Crippen molar-refractivity contribution in [2.45, 2.75) is 6.92 Å². The minimum atomic E-state index is -1.20. The molecule has 0 saturated heterocycles. The Hall–Kier alpha value is -2.47. The van der Waals surface area contributed by atoms with E-state index in [1.807, 2.05) is 6.07 Å². The number of carbonyl (C=O) groups excluding carboxylic acids is 1. The van der Waals surface area contributed by atoms with Gasteiger partial charge < -0.3 is 15.3 Å². The fourth-order valence-corrected chi connectivity index (χ4v) is 2.86. The predicted octanol–water partition coefficient (Wildman–Crippen LogP) is 3.89. The zero-order valence-electron chi connectivity index (χ0n) is 15.1. The van der Waals surface area contributed by atoms with E-state index >= 15 is 0 Å². The molecule has 0 atom stereocenters. The van der Waals surface area contributed by atoms with Crippen molar-refractivity contribution in [2.24, 2.45) is 0 Å². The molecule has 2 amide bonds. The Morgan fingerprint density at radius 3 is 2.61 bits per heavy atom. The second-order valence-electron chi connectivity index (χ2n) is 5.85. The van der Waals surface area contributed by atoms with Crippen LogP contribution in [0.25, 0.3) is 0 Å². The Kier molecular flexibility index (Phi) is 7.52. The number of aryl methyl sites for hydroxylation is 1. The number of benzene rings is 2. The summed E-state index contributed by atoms with van der Waals surface area (Å²) >= 11 is 2.13. The quantitative estimate of drug-likeness (QED) is 0.302. The SMILES string of the molecule is Cc1cc(I)ccc1Nc1c(C(=O)NOCCN(C)C(=O)O)ccc(F)c1F. The number of anilines is 2. The summed E-state index contributed by atoms with van der Waals surface area (Å²) in [6.45, 7) is 1.70. The van der Waals surface area contributed by atoms with E-state index in [2.05, 4.69) is 33.4 Å². The molecule has 2 aromatic carbocycles. The highest BCUT2D eigenvalue weighted by molar-refractivity contribution is 14.1. The molecule has 0 fully saturated rings. The van der Waals surface area contributed by atoms with Crippen molar-refractivity contribution in [3.63, 3.8) is 0 Å². The molecule has 10 heteroatoms. The van der Waals surface area contributed by atoms with Crippen LogP contribution in [0.2, 0.25) is 0 Å². The maximum atomic E-state index is 14.4. The number of hydrogen-bond donors (Lipinski definition) is 3. The highest BCUT2D eigenvalue weighted by Crippen LogP contribution is 2.28. The average molecular weight is 505 g/mol. The van der Waals surface area contributed by atoms with Gasteiger partial charge in [0.05, 0.1) is 17.9 Å². The molecule has 0 saturated carbocycles. The number of nitrogens with one attached hydrogen (secondary N) is 2. The van der Waals surface area contributed by atoms with Crippen molar-refractivity contribution in [1.82, 2.24) is 10.4 Å². The molecule has 0 unspecified atom stereocenters. The maximum absolute atomic E-state index is 14.4. The fourth-order valence-electron chi connectivity index (χ4n) is 2.21. The summed E-state index contributed by atoms with van der Waals surface area (Å²) in [5, 5.41) is 11.5. The van der Waals surface area contributed by atoms with Crippen LogP contribution in [-0.4, -0.2) is 42.2 Å². The van der Waals surface area contributed by atoms with Gasteiger partial charge in [-0.25, -0.2) is 19.1 Å². The number of rotatable bonds is 7. The molecule has 2 aromatic rings. The van der Waals surface area contributed by atoms with E-state index < -0.39 is 23.6 Å². The summed E-state index contributed by atoms with van der Waals surface area (Å²) < 4.78 is 29.1. The molecule has 0 aliphatic rings. The van der Waals surface area contributed by atoms with Crippen LogP contribution in [0.1, 0.15) is 15.9 Å². The lowest BCUT2D eigenvalue weighted by Gasteiger charge is -2.16. The minimum Gasteiger partial charge on any atom is -0.465 e. The molecular formula is C18H18F2IN3O4. The van der Waals surface area contributed by atoms with Crippen molar-refractivity contribution in [1.29, 1.82) is 0 Å². The summed E-state index contributed by atoms with van der Waals surface area (Å²) in [5.41, 5.74) is 2.92. The minimum absolute atomic E-state index is 0.0142. The normalized spacial score (nSPS) is 10.5. The third-order valence-corrected chi connectivity index (χ3v) is 4.48. The molecule has 0 aliphatic carbocycles. The fraction of sp³-hybridized carbons (Fsp3) is 0.222. The number of hydroxylamine groups is 1. The van der Waals surface area contributed by atoms with Gasteiger partial charge in [-0.2, -0.15) is 0 Å². The zero-order chi connectivity index (χ0) is 20.8. The smallest absolute Gasteiger partial charge is 0.407 e. The van der Waals surface area contributed by atoms with E-state index in [0.29, 0.717) is 5.69 Å². The maximum Gasteiger partial charge on any atom is 0.407 e. The first-order valence-electron chi connectivity index (χ1n) is 8.08. The number of likely N-dealkylation sites (N-methyl/N-ethyl adjacent to an activating group) is 1. The first kappa shape index (κ1) is 21.8. The van der Waals surface area contributed by atoms with E-state index in [9.17, 15) is 18.4 Å². The summed E-state index contributed by atoms with van der Waals surface area (Å²) in [5.74, 6) is -3.11. The molecule has 28 heavy (non-hydrogen) atoms. The van der Waals surface area contributed by atoms with Crippen molar-refractivity contribution < 1.29 is 28.3 Å². The summed E-state index contributed by atoms with van der Waals surface area (Å²) in [6, 6.07) is 7.30. The van der Waals surface area contributed by atoms with Crippen LogP contribution in [0.15, 0.2) is 30.3 Å². The lowest BCUT2D eigenvalue weighted by molar-refractivity contribution is 0.0253. The Labute approximate surface area is 173 Å². The van der Waals surface area contributed by atoms with Crippen LogP contribution in [0.4, 0.5) is 25.0 Å². The van der Waals surface area contributed by atoms with E-state index in [1.165, 1.54) is 7.05 Å². The van der Waals surface area contributed by atoms with Crippen LogP contribution >= 0.6 is 22.6 Å². The third-order valence-electron chi connectivity index (χ3n) is 3.81. The molecule has 2 rings (SSSR count). The molecule has 0 spiro atoms. The van der Waals surface area contributed by atoms with Gasteiger partial charge in [-0.15, -0.1) is 0 Å². The zero-order valence-corrected chi connectivity index (χ0v) is 17.2. The third kappa shape index (κ3) is 5.52. The van der Waals surface area contributed by atoms with Crippen LogP contribution in [0, 0.1) is 22.1 Å². The molecule has 3 N–H and O–H groups in total. The van der Waals surface area contributed by atoms with Crippen LogP contribution in [0.3, 0.4) is 0 Å². The summed E-state index contributed by atoms with van der Waals surface area (Å²) in [6.07, 6.45) is -1.14. The molecule has 0 aromatic heterocycles. The Bertz CT molecular complexity index is 895. The van der Waals surface area contributed by atoms with Gasteiger partial charge in [0.1, 0.15) is 0 Å². The molecule has 150 valence electrons. The molecular weight excluding hydrogens is 487 g/mol. The van der Waals surface area contributed by atoms with Gasteiger partial charge in [0.15, 0.2) is 11.6 Å². The van der Waals surface area contributed by atoms with Gasteiger partial charge in [-0.05, 0) is 65.4 Å². The topological polar surface area (TPSA) is 90.9 Å². The largest absolute Gasteiger partial charge is 0.465 e. The molecule has 7 nitrogen and oxygen atoms in total. The standard InChI is InChI=1S/C18H18F2IN3O4/c1-10-9-11(21)3-6-14(10)22-16-12(4-5-13(19)15(16)20)17(25)23-28-8-7-24(2)18(26)27/h3-6,9,22H,7-8H2,1-2H3,(H,23,25)(H,26,27). The molecule has 0 bridgehead atoms. The van der Waals surface area contributed by atoms with Crippen molar-refractivity contribution in [3.8, 4) is 0 Å². The number of hydrogen-bond acceptors (Lipinski definition) is 4. The lowest BCUT2D eigenvalue weighted by Crippen LogP contribution is -2.32. The first-order chi connectivity index (χ1) is 13.2. The van der Waals surface area contributed by atoms with E-state index in [1.54, 1.807) is 19.1 Å². The number of carbonyl (C=O) groups is 2. The van der Waals surface area contributed by atoms with Crippen LogP contribution in [-0.2, 0) is 4.84 Å². The van der Waals surface area contributed by atoms with Crippen molar-refractivity contribution >= 4 is 46.0 Å². The van der Waals surface area contributed by atoms with Gasteiger partial charge in [-0.3, -0.25) is 9.63 Å². The number of carboxylic acid groups (broad SMARTS) is 1. The predicted molar refractivity (Wildman–Crippen MR) is 108 cm³/mol. The van der Waals surface area contributed by atoms with Crippen molar-refractivity contribution in [3.05, 3.63) is 56.7 Å². The Balaban J connectivity index is 2.17. The number of amides is 2. The molecule has 0 radical (unpaired) electrons. The van der Waals surface area contributed by atoms with Gasteiger partial charge in [0.2, 0.25) is 0 Å². The Morgan fingerprint density at radius 1 is 1.25 bits per heavy atom. The van der Waals surface area contributed by atoms with Crippen molar-refractivity contribution in [2.75, 3.05) is 25.5 Å². The Morgan fingerprint density at radius 2 is 1.96 bits per heavy atom. The molecule has 0 heterocycles. The summed E-state index contributed by atoms with van der Waals surface area (Å²) in [4.78, 5) is 28.9. The lowest BCUT2D eigenvalue weighted by atomic mass is 10.1. The second-order valence-corrected chi connectivity index (χ2v) is 7.10. The average Bonchev–Trinajstić information content (AvgIpc) is 2.64. The van der Waals surface area contributed by atoms with Gasteiger partial charge >= 0.3 is 6.09 Å². The van der Waals surface area contributed by atoms with E-state index in [4.69, 9.17) is 9.94 Å². The molecule has 0 aliphatic heterocycles. The van der Waals surface area contributed by atoms with E-state index in [0.717, 1.165) is 26.2 Å². The first-order valence-corrected chi connectivity index (χ1v) is 9.16. The number of nitrogens with zero attached hydrogens (tertiary/aromatic N) is 1. The highest BCUT2D eigenvalue weighted by Gasteiger charge is 2.20. The van der Waals surface area contributed by atoms with Crippen LogP contribution < -0.4 is 10.8 Å².